The largest absolute Gasteiger partial charge is 0.465 e. The predicted octanol–water partition coefficient (Wildman–Crippen LogP) is 4.32. The number of aliphatic hydroxyl groups excluding tert-OH is 1. The number of aryl methyl sites for hydroxylation is 1. The number of aliphatic hydroxyl groups is 1. The molecule has 0 bridgehead atoms. The third-order valence-electron chi connectivity index (χ3n) is 6.69. The molecule has 3 rings (SSSR count). The average molecular weight is 473 g/mol. The van der Waals surface area contributed by atoms with Crippen LogP contribution in [0.15, 0.2) is 24.3 Å². The molecule has 1 aliphatic rings. The molecule has 2 aromatic rings. The number of hydrogen-bond donors (Lipinski definition) is 2. The topological polar surface area (TPSA) is 98.9 Å². The summed E-state index contributed by atoms with van der Waals surface area (Å²) in [5.41, 5.74) is 1.37. The highest BCUT2D eigenvalue weighted by molar-refractivity contribution is 5.95. The summed E-state index contributed by atoms with van der Waals surface area (Å²) < 4.78 is 1.98. The molecule has 34 heavy (non-hydrogen) atoms. The van der Waals surface area contributed by atoms with E-state index in [1.165, 1.54) is 4.90 Å². The van der Waals surface area contributed by atoms with Gasteiger partial charge in [0, 0.05) is 38.2 Å². The Morgan fingerprint density at radius 2 is 1.91 bits per heavy atom. The molecule has 1 saturated heterocycles. The third-order valence-corrected chi connectivity index (χ3v) is 6.69. The first-order chi connectivity index (χ1) is 16.0. The summed E-state index contributed by atoms with van der Waals surface area (Å²) in [4.78, 5) is 34.2. The minimum atomic E-state index is -1.02. The Kier molecular flexibility index (Phi) is 7.91. The summed E-state index contributed by atoms with van der Waals surface area (Å²) in [6.45, 7) is 13.4. The summed E-state index contributed by atoms with van der Waals surface area (Å²) in [5.74, 6) is 0.148. The van der Waals surface area contributed by atoms with Crippen LogP contribution in [0.1, 0.15) is 65.0 Å². The molecular formula is C26H40N4O4. The van der Waals surface area contributed by atoms with Gasteiger partial charge in [-0.3, -0.25) is 4.79 Å². The molecule has 0 spiro atoms. The van der Waals surface area contributed by atoms with Crippen molar-refractivity contribution < 1.29 is 19.8 Å². The van der Waals surface area contributed by atoms with Gasteiger partial charge in [-0.2, -0.15) is 0 Å². The normalized spacial score (nSPS) is 21.3. The van der Waals surface area contributed by atoms with Crippen LogP contribution >= 0.6 is 0 Å². The van der Waals surface area contributed by atoms with Gasteiger partial charge in [-0.25, -0.2) is 9.78 Å². The zero-order valence-electron chi connectivity index (χ0n) is 21.4. The number of amides is 2. The summed E-state index contributed by atoms with van der Waals surface area (Å²) in [6, 6.07) is 7.08. The molecule has 2 heterocycles. The second kappa shape index (κ2) is 10.3. The maximum absolute atomic E-state index is 14.0. The SMILES string of the molecule is CCCn1c(C(=O)N(CC(C)C)[C@H]2C[C@@H](CO)C(C(C)(C)C)N(C(=O)O)C2)nc2ccccc21. The van der Waals surface area contributed by atoms with Gasteiger partial charge >= 0.3 is 6.09 Å². The van der Waals surface area contributed by atoms with Crippen molar-refractivity contribution in [3.8, 4) is 0 Å². The molecule has 0 saturated carbocycles. The number of imidazole rings is 1. The lowest BCUT2D eigenvalue weighted by atomic mass is 9.73. The van der Waals surface area contributed by atoms with Gasteiger partial charge in [0.15, 0.2) is 5.82 Å². The van der Waals surface area contributed by atoms with E-state index in [2.05, 4.69) is 20.8 Å². The highest BCUT2D eigenvalue weighted by Crippen LogP contribution is 2.38. The van der Waals surface area contributed by atoms with Crippen LogP contribution < -0.4 is 0 Å². The average Bonchev–Trinajstić information content (AvgIpc) is 3.14. The zero-order chi connectivity index (χ0) is 25.2. The Morgan fingerprint density at radius 3 is 2.47 bits per heavy atom. The molecule has 1 unspecified atom stereocenters. The molecule has 1 fully saturated rings. The van der Waals surface area contributed by atoms with Crippen LogP contribution in [0.5, 0.6) is 0 Å². The lowest BCUT2D eigenvalue weighted by Gasteiger charge is -2.51. The van der Waals surface area contributed by atoms with Crippen molar-refractivity contribution >= 4 is 23.0 Å². The Balaban J connectivity index is 2.04. The van der Waals surface area contributed by atoms with Gasteiger partial charge in [0.1, 0.15) is 0 Å². The van der Waals surface area contributed by atoms with Crippen molar-refractivity contribution in [1.29, 1.82) is 0 Å². The zero-order valence-corrected chi connectivity index (χ0v) is 21.4. The van der Waals surface area contributed by atoms with Crippen LogP contribution in [-0.4, -0.2) is 73.3 Å². The Bertz CT molecular complexity index is 1010. The van der Waals surface area contributed by atoms with E-state index in [-0.39, 0.29) is 48.4 Å². The van der Waals surface area contributed by atoms with Crippen LogP contribution in [0.25, 0.3) is 11.0 Å². The van der Waals surface area contributed by atoms with Crippen LogP contribution in [0, 0.1) is 17.3 Å². The molecule has 0 radical (unpaired) electrons. The number of likely N-dealkylation sites (tertiary alicyclic amines) is 1. The molecule has 188 valence electrons. The minimum Gasteiger partial charge on any atom is -0.465 e. The summed E-state index contributed by atoms with van der Waals surface area (Å²) >= 11 is 0. The highest BCUT2D eigenvalue weighted by Gasteiger charge is 2.46. The number of aromatic nitrogens is 2. The van der Waals surface area contributed by atoms with Crippen molar-refractivity contribution in [2.75, 3.05) is 19.7 Å². The van der Waals surface area contributed by atoms with E-state index in [9.17, 15) is 19.8 Å². The molecule has 0 aliphatic carbocycles. The molecule has 2 N–H and O–H groups in total. The third kappa shape index (κ3) is 5.22. The van der Waals surface area contributed by atoms with Crippen LogP contribution in [0.2, 0.25) is 0 Å². The van der Waals surface area contributed by atoms with E-state index in [1.54, 1.807) is 4.90 Å². The minimum absolute atomic E-state index is 0.125. The number of piperidine rings is 1. The number of nitrogens with zero attached hydrogens (tertiary/aromatic N) is 4. The number of fused-ring (bicyclic) bond motifs is 1. The van der Waals surface area contributed by atoms with Crippen molar-refractivity contribution in [2.24, 2.45) is 17.3 Å². The lowest BCUT2D eigenvalue weighted by molar-refractivity contribution is -0.0305. The second-order valence-corrected chi connectivity index (χ2v) is 11.0. The number of para-hydroxylation sites is 2. The Hall–Kier alpha value is -2.61. The molecule has 2 amide bonds. The molecule has 1 aromatic carbocycles. The number of carbonyl (C=O) groups excluding carboxylic acids is 1. The number of carbonyl (C=O) groups is 2. The van der Waals surface area contributed by atoms with Gasteiger partial charge in [-0.05, 0) is 36.3 Å². The fourth-order valence-corrected chi connectivity index (χ4v) is 5.53. The van der Waals surface area contributed by atoms with Crippen LogP contribution in [0.4, 0.5) is 4.79 Å². The Morgan fingerprint density at radius 1 is 1.24 bits per heavy atom. The molecule has 8 nitrogen and oxygen atoms in total. The van der Waals surface area contributed by atoms with Crippen molar-refractivity contribution in [2.45, 2.75) is 73.0 Å². The maximum atomic E-state index is 14.0. The van der Waals surface area contributed by atoms with E-state index in [1.807, 2.05) is 49.6 Å². The highest BCUT2D eigenvalue weighted by atomic mass is 16.4. The number of benzene rings is 1. The van der Waals surface area contributed by atoms with Gasteiger partial charge in [0.25, 0.3) is 5.91 Å². The number of rotatable bonds is 7. The van der Waals surface area contributed by atoms with Crippen molar-refractivity contribution in [3.05, 3.63) is 30.1 Å². The smallest absolute Gasteiger partial charge is 0.407 e. The van der Waals surface area contributed by atoms with Crippen molar-refractivity contribution in [1.82, 2.24) is 19.4 Å². The van der Waals surface area contributed by atoms with Crippen LogP contribution in [-0.2, 0) is 6.54 Å². The van der Waals surface area contributed by atoms with Gasteiger partial charge in [0.05, 0.1) is 17.1 Å². The maximum Gasteiger partial charge on any atom is 0.407 e. The van der Waals surface area contributed by atoms with E-state index < -0.39 is 6.09 Å². The van der Waals surface area contributed by atoms with E-state index >= 15 is 0 Å². The molecule has 1 aromatic heterocycles. The number of carboxylic acid groups (broad SMARTS) is 1. The second-order valence-electron chi connectivity index (χ2n) is 11.0. The summed E-state index contributed by atoms with van der Waals surface area (Å²) in [5, 5.41) is 20.3. The van der Waals surface area contributed by atoms with Crippen molar-refractivity contribution in [3.63, 3.8) is 0 Å². The standard InChI is InChI=1S/C26H40N4O4/c1-7-12-28-21-11-9-8-10-20(21)27-23(28)24(32)29(14-17(2)3)19-13-18(16-31)22(26(4,5)6)30(15-19)25(33)34/h8-11,17-19,22,31H,7,12-16H2,1-6H3,(H,33,34)/t18-,19-,22?/m0/s1. The summed E-state index contributed by atoms with van der Waals surface area (Å²) in [6.07, 6.45) is 0.397. The van der Waals surface area contributed by atoms with E-state index in [0.717, 1.165) is 17.5 Å². The quantitative estimate of drug-likeness (QED) is 0.625. The first-order valence-corrected chi connectivity index (χ1v) is 12.4. The molecule has 3 atom stereocenters. The predicted molar refractivity (Wildman–Crippen MR) is 133 cm³/mol. The molecule has 1 aliphatic heterocycles. The van der Waals surface area contributed by atoms with E-state index in [0.29, 0.717) is 25.3 Å². The van der Waals surface area contributed by atoms with Gasteiger partial charge in [-0.1, -0.05) is 53.7 Å². The fourth-order valence-electron chi connectivity index (χ4n) is 5.53. The first-order valence-electron chi connectivity index (χ1n) is 12.4. The molecule has 8 heteroatoms. The van der Waals surface area contributed by atoms with Crippen LogP contribution in [0.3, 0.4) is 0 Å². The van der Waals surface area contributed by atoms with Gasteiger partial charge in [0.2, 0.25) is 0 Å². The van der Waals surface area contributed by atoms with Gasteiger partial charge < -0.3 is 24.6 Å². The fraction of sp³-hybridized carbons (Fsp3) is 0.654. The monoisotopic (exact) mass is 472 g/mol. The molecular weight excluding hydrogens is 432 g/mol. The Labute approximate surface area is 202 Å². The lowest BCUT2D eigenvalue weighted by Crippen LogP contribution is -2.62. The van der Waals surface area contributed by atoms with E-state index in [4.69, 9.17) is 4.98 Å². The summed E-state index contributed by atoms with van der Waals surface area (Å²) in [7, 11) is 0. The van der Waals surface area contributed by atoms with Gasteiger partial charge in [-0.15, -0.1) is 0 Å². The first kappa shape index (κ1) is 26.0. The number of hydrogen-bond acceptors (Lipinski definition) is 4.